The molecule has 0 saturated heterocycles. The topological polar surface area (TPSA) is 88.2 Å². The van der Waals surface area contributed by atoms with E-state index in [0.717, 1.165) is 29.7 Å². The number of alkyl halides is 3. The molecule has 1 aliphatic rings. The van der Waals surface area contributed by atoms with Crippen LogP contribution in [-0.4, -0.2) is 33.6 Å². The Morgan fingerprint density at radius 2 is 1.85 bits per heavy atom. The molecule has 4 N–H and O–H groups in total. The summed E-state index contributed by atoms with van der Waals surface area (Å²) in [5.74, 6) is -0.754. The van der Waals surface area contributed by atoms with Crippen molar-refractivity contribution in [2.75, 3.05) is 6.67 Å². The Hall–Kier alpha value is -1.73. The van der Waals surface area contributed by atoms with Crippen molar-refractivity contribution < 1.29 is 14.3 Å². The molecule has 1 aromatic carbocycles. The van der Waals surface area contributed by atoms with E-state index in [1.54, 1.807) is 30.5 Å². The summed E-state index contributed by atoms with van der Waals surface area (Å²) in [6, 6.07) is 9.69. The molecule has 5 nitrogen and oxygen atoms in total. The summed E-state index contributed by atoms with van der Waals surface area (Å²) in [5, 5.41) is 12.6. The van der Waals surface area contributed by atoms with Crippen molar-refractivity contribution in [3.63, 3.8) is 0 Å². The number of hydrogen-bond acceptors (Lipinski definition) is 4. The zero-order chi connectivity index (χ0) is 19.6. The number of pyridine rings is 1. The molecule has 0 bridgehead atoms. The highest BCUT2D eigenvalue weighted by molar-refractivity contribution is 6.53. The largest absolute Gasteiger partial charge is 0.386 e. The van der Waals surface area contributed by atoms with Gasteiger partial charge in [-0.2, -0.15) is 0 Å². The summed E-state index contributed by atoms with van der Waals surface area (Å²) in [6.07, 6.45) is 2.44. The fourth-order valence-corrected chi connectivity index (χ4v) is 2.93. The van der Waals surface area contributed by atoms with E-state index in [1.807, 2.05) is 12.1 Å². The number of carbonyl (C=O) groups excluding carboxylic acids is 1. The van der Waals surface area contributed by atoms with Crippen LogP contribution in [0.3, 0.4) is 0 Å². The average Bonchev–Trinajstić information content (AvgIpc) is 3.44. The summed E-state index contributed by atoms with van der Waals surface area (Å²) in [5.41, 5.74) is 9.02. The SMILES string of the molecule is NC1(c2ccc(-c3ccc(C(O)C(CF)NC(=O)C(Cl)Cl)cc3)cn2)CC1. The summed E-state index contributed by atoms with van der Waals surface area (Å²) in [4.78, 5) is 14.6. The zero-order valence-electron chi connectivity index (χ0n) is 14.4. The van der Waals surface area contributed by atoms with E-state index < -0.39 is 29.6 Å². The Balaban J connectivity index is 1.71. The van der Waals surface area contributed by atoms with Crippen molar-refractivity contribution in [1.82, 2.24) is 10.3 Å². The summed E-state index contributed by atoms with van der Waals surface area (Å²) in [6.45, 7) is -0.957. The Morgan fingerprint density at radius 3 is 2.33 bits per heavy atom. The second-order valence-corrected chi connectivity index (χ2v) is 7.82. The fourth-order valence-electron chi connectivity index (χ4n) is 2.80. The van der Waals surface area contributed by atoms with E-state index in [9.17, 15) is 14.3 Å². The van der Waals surface area contributed by atoms with Gasteiger partial charge >= 0.3 is 0 Å². The minimum Gasteiger partial charge on any atom is -0.386 e. The molecule has 1 fully saturated rings. The molecule has 1 aromatic heterocycles. The van der Waals surface area contributed by atoms with Gasteiger partial charge in [-0.3, -0.25) is 9.78 Å². The Morgan fingerprint density at radius 1 is 1.22 bits per heavy atom. The number of amides is 1. The predicted octanol–water partition coefficient (Wildman–Crippen LogP) is 2.99. The Bertz CT molecular complexity index is 796. The number of rotatable bonds is 7. The van der Waals surface area contributed by atoms with Gasteiger partial charge in [0.05, 0.1) is 17.3 Å². The van der Waals surface area contributed by atoms with Gasteiger partial charge in [0, 0.05) is 11.8 Å². The monoisotopic (exact) mass is 411 g/mol. The lowest BCUT2D eigenvalue weighted by Gasteiger charge is -2.22. The van der Waals surface area contributed by atoms with Crippen LogP contribution < -0.4 is 11.1 Å². The highest BCUT2D eigenvalue weighted by Gasteiger charge is 2.41. The summed E-state index contributed by atoms with van der Waals surface area (Å²) >= 11 is 10.9. The van der Waals surface area contributed by atoms with Gasteiger partial charge in [0.25, 0.3) is 5.91 Å². The third kappa shape index (κ3) is 4.58. The molecular formula is C19H20Cl2FN3O2. The molecule has 3 rings (SSSR count). The first-order valence-corrected chi connectivity index (χ1v) is 9.39. The summed E-state index contributed by atoms with van der Waals surface area (Å²) in [7, 11) is 0. The number of nitrogens with one attached hydrogen (secondary N) is 1. The molecule has 0 aliphatic heterocycles. The molecule has 2 aromatic rings. The number of halogens is 3. The van der Waals surface area contributed by atoms with E-state index >= 15 is 0 Å². The van der Waals surface area contributed by atoms with Gasteiger partial charge in [-0.25, -0.2) is 4.39 Å². The standard InChI is InChI=1S/C19H20Cl2FN3O2/c20-17(21)18(27)25-14(9-22)16(26)12-3-1-11(2-4-12)13-5-6-15(24-10-13)19(23)7-8-19/h1-6,10,14,16-17,26H,7-9,23H2,(H,25,27). The lowest BCUT2D eigenvalue weighted by atomic mass is 9.99. The number of hydrogen-bond donors (Lipinski definition) is 3. The maximum Gasteiger partial charge on any atom is 0.253 e. The third-order valence-electron chi connectivity index (χ3n) is 4.72. The van der Waals surface area contributed by atoms with Crippen LogP contribution in [0.5, 0.6) is 0 Å². The second-order valence-electron chi connectivity index (χ2n) is 6.73. The molecule has 1 saturated carbocycles. The first-order valence-electron chi connectivity index (χ1n) is 8.52. The normalized spacial score (nSPS) is 17.4. The first kappa shape index (κ1) is 20.0. The third-order valence-corrected chi connectivity index (χ3v) is 5.12. The second kappa shape index (κ2) is 8.10. The van der Waals surface area contributed by atoms with Crippen molar-refractivity contribution in [3.8, 4) is 11.1 Å². The molecule has 1 heterocycles. The van der Waals surface area contributed by atoms with Gasteiger partial charge < -0.3 is 16.2 Å². The van der Waals surface area contributed by atoms with Crippen LogP contribution in [0.25, 0.3) is 11.1 Å². The van der Waals surface area contributed by atoms with Gasteiger partial charge in [0.2, 0.25) is 0 Å². The van der Waals surface area contributed by atoms with Crippen LogP contribution in [0.1, 0.15) is 30.2 Å². The van der Waals surface area contributed by atoms with Crippen LogP contribution in [0, 0.1) is 0 Å². The number of nitrogens with zero attached hydrogens (tertiary/aromatic N) is 1. The van der Waals surface area contributed by atoms with Crippen molar-refractivity contribution in [1.29, 1.82) is 0 Å². The number of nitrogens with two attached hydrogens (primary N) is 1. The molecular weight excluding hydrogens is 392 g/mol. The maximum atomic E-state index is 13.2. The van der Waals surface area contributed by atoms with Crippen LogP contribution in [0.2, 0.25) is 0 Å². The van der Waals surface area contributed by atoms with Crippen LogP contribution in [-0.2, 0) is 10.3 Å². The molecule has 1 amide bonds. The van der Waals surface area contributed by atoms with E-state index in [0.29, 0.717) is 5.56 Å². The predicted molar refractivity (Wildman–Crippen MR) is 103 cm³/mol. The van der Waals surface area contributed by atoms with Crippen molar-refractivity contribution in [3.05, 3.63) is 53.9 Å². The highest BCUT2D eigenvalue weighted by Crippen LogP contribution is 2.41. The Kier molecular flexibility index (Phi) is 6.01. The maximum absolute atomic E-state index is 13.2. The number of benzene rings is 1. The van der Waals surface area contributed by atoms with Crippen LogP contribution in [0.4, 0.5) is 4.39 Å². The lowest BCUT2D eigenvalue weighted by molar-refractivity contribution is -0.121. The molecule has 0 spiro atoms. The lowest BCUT2D eigenvalue weighted by Crippen LogP contribution is -2.43. The smallest absolute Gasteiger partial charge is 0.253 e. The first-order chi connectivity index (χ1) is 12.8. The van der Waals surface area contributed by atoms with E-state index in [4.69, 9.17) is 28.9 Å². The van der Waals surface area contributed by atoms with Gasteiger partial charge in [-0.05, 0) is 30.0 Å². The number of aromatic nitrogens is 1. The molecule has 8 heteroatoms. The summed E-state index contributed by atoms with van der Waals surface area (Å²) < 4.78 is 13.2. The van der Waals surface area contributed by atoms with Gasteiger partial charge in [-0.15, -0.1) is 0 Å². The minimum atomic E-state index is -1.33. The van der Waals surface area contributed by atoms with Crippen molar-refractivity contribution >= 4 is 29.1 Å². The quantitative estimate of drug-likeness (QED) is 0.611. The Labute approximate surface area is 166 Å². The zero-order valence-corrected chi connectivity index (χ0v) is 15.9. The van der Waals surface area contributed by atoms with E-state index in [1.165, 1.54) is 0 Å². The van der Waals surface area contributed by atoms with Crippen LogP contribution >= 0.6 is 23.2 Å². The number of aliphatic hydroxyl groups excluding tert-OH is 1. The van der Waals surface area contributed by atoms with Crippen LogP contribution in [0.15, 0.2) is 42.6 Å². The van der Waals surface area contributed by atoms with Gasteiger partial charge in [0.15, 0.2) is 4.84 Å². The molecule has 2 atom stereocenters. The molecule has 0 radical (unpaired) electrons. The molecule has 1 aliphatic carbocycles. The van der Waals surface area contributed by atoms with E-state index in [2.05, 4.69) is 10.3 Å². The van der Waals surface area contributed by atoms with Crippen molar-refractivity contribution in [2.45, 2.75) is 35.4 Å². The van der Waals surface area contributed by atoms with Crippen molar-refractivity contribution in [2.24, 2.45) is 5.73 Å². The number of aliphatic hydroxyl groups is 1. The fraction of sp³-hybridized carbons (Fsp3) is 0.368. The molecule has 144 valence electrons. The molecule has 2 unspecified atom stereocenters. The number of carbonyl (C=O) groups is 1. The minimum absolute atomic E-state index is 0.274. The van der Waals surface area contributed by atoms with E-state index in [-0.39, 0.29) is 5.54 Å². The molecule has 27 heavy (non-hydrogen) atoms. The highest BCUT2D eigenvalue weighted by atomic mass is 35.5. The van der Waals surface area contributed by atoms with Gasteiger partial charge in [-0.1, -0.05) is 53.5 Å². The average molecular weight is 412 g/mol. The van der Waals surface area contributed by atoms with Gasteiger partial charge in [0.1, 0.15) is 12.8 Å².